The first kappa shape index (κ1) is 17.0. The molecule has 20 heavy (non-hydrogen) atoms. The van der Waals surface area contributed by atoms with E-state index in [1.54, 1.807) is 0 Å². The molecule has 0 saturated carbocycles. The number of ether oxygens (including phenoxy) is 1. The molecular weight excluding hydrogens is 252 g/mol. The van der Waals surface area contributed by atoms with Crippen molar-refractivity contribution in [2.24, 2.45) is 4.99 Å². The fourth-order valence-corrected chi connectivity index (χ4v) is 2.17. The summed E-state index contributed by atoms with van der Waals surface area (Å²) in [4.78, 5) is 9.32. The van der Waals surface area contributed by atoms with Gasteiger partial charge in [-0.3, -0.25) is 9.89 Å². The maximum Gasteiger partial charge on any atom is 0.193 e. The van der Waals surface area contributed by atoms with Crippen molar-refractivity contribution in [1.82, 2.24) is 15.1 Å². The summed E-state index contributed by atoms with van der Waals surface area (Å²) in [6, 6.07) is 0. The Morgan fingerprint density at radius 3 is 2.85 bits per heavy atom. The van der Waals surface area contributed by atoms with Gasteiger partial charge in [-0.25, -0.2) is 0 Å². The summed E-state index contributed by atoms with van der Waals surface area (Å²) < 4.78 is 5.35. The molecule has 0 bridgehead atoms. The molecule has 0 radical (unpaired) electrons. The van der Waals surface area contributed by atoms with Crippen LogP contribution in [0.15, 0.2) is 17.6 Å². The predicted molar refractivity (Wildman–Crippen MR) is 85.3 cm³/mol. The average molecular weight is 282 g/mol. The molecule has 1 N–H and O–H groups in total. The second kappa shape index (κ2) is 10.7. The van der Waals surface area contributed by atoms with Gasteiger partial charge in [0.1, 0.15) is 0 Å². The molecule has 5 heteroatoms. The van der Waals surface area contributed by atoms with Crippen molar-refractivity contribution in [1.29, 1.82) is 0 Å². The highest BCUT2D eigenvalue weighted by Gasteiger charge is 2.10. The number of morpholine rings is 1. The number of nitrogens with one attached hydrogen (secondary N) is 1. The first-order valence-corrected chi connectivity index (χ1v) is 7.68. The second-order valence-corrected chi connectivity index (χ2v) is 5.04. The Morgan fingerprint density at radius 2 is 2.20 bits per heavy atom. The van der Waals surface area contributed by atoms with E-state index in [-0.39, 0.29) is 0 Å². The third-order valence-corrected chi connectivity index (χ3v) is 3.38. The predicted octanol–water partition coefficient (Wildman–Crippen LogP) is 1.18. The van der Waals surface area contributed by atoms with Crippen LogP contribution in [0.25, 0.3) is 0 Å². The minimum Gasteiger partial charge on any atom is -0.379 e. The molecule has 0 aromatic rings. The van der Waals surface area contributed by atoms with Crippen molar-refractivity contribution in [3.8, 4) is 0 Å². The molecule has 1 aliphatic rings. The van der Waals surface area contributed by atoms with Crippen molar-refractivity contribution < 1.29 is 4.74 Å². The van der Waals surface area contributed by atoms with Gasteiger partial charge in [0.2, 0.25) is 0 Å². The Labute approximate surface area is 123 Å². The van der Waals surface area contributed by atoms with Gasteiger partial charge in [0, 0.05) is 39.8 Å². The smallest absolute Gasteiger partial charge is 0.193 e. The lowest BCUT2D eigenvalue weighted by molar-refractivity contribution is 0.0394. The van der Waals surface area contributed by atoms with Crippen LogP contribution < -0.4 is 5.32 Å². The summed E-state index contributed by atoms with van der Waals surface area (Å²) in [5, 5.41) is 3.35. The number of aliphatic imine (C=N–C) groups is 1. The van der Waals surface area contributed by atoms with Crippen LogP contribution in [0.2, 0.25) is 0 Å². The van der Waals surface area contributed by atoms with Crippen LogP contribution in [0.1, 0.15) is 19.8 Å². The van der Waals surface area contributed by atoms with Crippen molar-refractivity contribution in [3.05, 3.63) is 12.7 Å². The van der Waals surface area contributed by atoms with Crippen LogP contribution in [-0.2, 0) is 4.74 Å². The molecule has 1 fully saturated rings. The van der Waals surface area contributed by atoms with E-state index in [0.29, 0.717) is 0 Å². The first-order valence-electron chi connectivity index (χ1n) is 7.68. The summed E-state index contributed by atoms with van der Waals surface area (Å²) in [5.74, 6) is 1.00. The van der Waals surface area contributed by atoms with Gasteiger partial charge in [0.25, 0.3) is 0 Å². The zero-order valence-electron chi connectivity index (χ0n) is 13.1. The zero-order chi connectivity index (χ0) is 14.6. The maximum absolute atomic E-state index is 5.35. The summed E-state index contributed by atoms with van der Waals surface area (Å²) >= 11 is 0. The van der Waals surface area contributed by atoms with Crippen LogP contribution in [0, 0.1) is 0 Å². The van der Waals surface area contributed by atoms with Gasteiger partial charge >= 0.3 is 0 Å². The largest absolute Gasteiger partial charge is 0.379 e. The fraction of sp³-hybridized carbons (Fsp3) is 0.800. The molecule has 1 heterocycles. The van der Waals surface area contributed by atoms with E-state index in [0.717, 1.165) is 71.3 Å². The monoisotopic (exact) mass is 282 g/mol. The third-order valence-electron chi connectivity index (χ3n) is 3.38. The van der Waals surface area contributed by atoms with E-state index < -0.39 is 0 Å². The van der Waals surface area contributed by atoms with Crippen LogP contribution in [0.3, 0.4) is 0 Å². The highest BCUT2D eigenvalue weighted by molar-refractivity contribution is 5.79. The lowest BCUT2D eigenvalue weighted by Crippen LogP contribution is -2.41. The molecule has 0 aromatic carbocycles. The molecule has 1 rings (SSSR count). The highest BCUT2D eigenvalue weighted by atomic mass is 16.5. The van der Waals surface area contributed by atoms with Crippen molar-refractivity contribution >= 4 is 5.96 Å². The second-order valence-electron chi connectivity index (χ2n) is 5.04. The van der Waals surface area contributed by atoms with Crippen LogP contribution in [-0.4, -0.2) is 75.3 Å². The number of nitrogens with zero attached hydrogens (tertiary/aromatic N) is 3. The molecule has 0 unspecified atom stereocenters. The number of hydrogen-bond acceptors (Lipinski definition) is 3. The molecule has 0 atom stereocenters. The molecule has 1 aliphatic heterocycles. The van der Waals surface area contributed by atoms with Gasteiger partial charge in [0.05, 0.1) is 19.8 Å². The normalized spacial score (nSPS) is 17.0. The summed E-state index contributed by atoms with van der Waals surface area (Å²) in [6.45, 7) is 13.4. The van der Waals surface area contributed by atoms with E-state index in [1.807, 2.05) is 6.08 Å². The average Bonchev–Trinajstić information content (AvgIpc) is 2.47. The number of allylic oxidation sites excluding steroid dienone is 1. The van der Waals surface area contributed by atoms with Gasteiger partial charge in [-0.15, -0.1) is 6.58 Å². The lowest BCUT2D eigenvalue weighted by atomic mass is 10.3. The number of unbranched alkanes of at least 4 members (excludes halogenated alkanes) is 1. The topological polar surface area (TPSA) is 40.1 Å². The fourth-order valence-electron chi connectivity index (χ4n) is 2.17. The molecule has 0 amide bonds. The summed E-state index contributed by atoms with van der Waals surface area (Å²) in [6.07, 6.45) is 4.14. The van der Waals surface area contributed by atoms with Gasteiger partial charge in [0.15, 0.2) is 5.96 Å². The lowest BCUT2D eigenvalue weighted by Gasteiger charge is -2.26. The Kier molecular flexibility index (Phi) is 9.07. The summed E-state index contributed by atoms with van der Waals surface area (Å²) in [7, 11) is 2.10. The number of rotatable bonds is 8. The quantitative estimate of drug-likeness (QED) is 0.314. The molecule has 116 valence electrons. The van der Waals surface area contributed by atoms with Gasteiger partial charge in [-0.05, 0) is 19.8 Å². The Morgan fingerprint density at radius 1 is 1.45 bits per heavy atom. The maximum atomic E-state index is 5.35. The van der Waals surface area contributed by atoms with E-state index >= 15 is 0 Å². The first-order chi connectivity index (χ1) is 9.77. The Bertz CT molecular complexity index is 288. The molecule has 5 nitrogen and oxygen atoms in total. The third kappa shape index (κ3) is 6.91. The standard InChI is InChI=1S/C15H30N4O/c1-4-6-7-9-18(3)15(16-5-2)17-8-10-19-11-13-20-14-12-19/h4H,1,5-14H2,2-3H3,(H,16,17). The summed E-state index contributed by atoms with van der Waals surface area (Å²) in [5.41, 5.74) is 0. The minimum atomic E-state index is 0.841. The highest BCUT2D eigenvalue weighted by Crippen LogP contribution is 1.97. The zero-order valence-corrected chi connectivity index (χ0v) is 13.1. The molecular formula is C15H30N4O. The van der Waals surface area contributed by atoms with Crippen molar-refractivity contribution in [2.45, 2.75) is 19.8 Å². The molecule has 0 aliphatic carbocycles. The number of hydrogen-bond donors (Lipinski definition) is 1. The molecule has 1 saturated heterocycles. The molecule has 0 aromatic heterocycles. The van der Waals surface area contributed by atoms with Crippen LogP contribution in [0.5, 0.6) is 0 Å². The number of guanidine groups is 1. The van der Waals surface area contributed by atoms with Crippen molar-refractivity contribution in [2.75, 3.05) is 59.5 Å². The van der Waals surface area contributed by atoms with Gasteiger partial charge < -0.3 is 15.0 Å². The minimum absolute atomic E-state index is 0.841. The SMILES string of the molecule is C=CCCCN(C)C(=NCCN1CCOCC1)NCC. The van der Waals surface area contributed by atoms with E-state index in [9.17, 15) is 0 Å². The van der Waals surface area contributed by atoms with E-state index in [1.165, 1.54) is 0 Å². The van der Waals surface area contributed by atoms with Gasteiger partial charge in [-0.2, -0.15) is 0 Å². The molecule has 0 spiro atoms. The Balaban J connectivity index is 2.33. The van der Waals surface area contributed by atoms with Gasteiger partial charge in [-0.1, -0.05) is 6.08 Å². The van der Waals surface area contributed by atoms with E-state index in [2.05, 4.69) is 35.7 Å². The Hall–Kier alpha value is -1.07. The van der Waals surface area contributed by atoms with E-state index in [4.69, 9.17) is 9.73 Å². The van der Waals surface area contributed by atoms with Crippen LogP contribution in [0.4, 0.5) is 0 Å². The van der Waals surface area contributed by atoms with Crippen LogP contribution >= 0.6 is 0 Å². The van der Waals surface area contributed by atoms with Crippen molar-refractivity contribution in [3.63, 3.8) is 0 Å².